The van der Waals surface area contributed by atoms with Crippen molar-refractivity contribution in [1.82, 2.24) is 5.32 Å². The maximum atomic E-state index is 11.9. The third-order valence-corrected chi connectivity index (χ3v) is 5.89. The van der Waals surface area contributed by atoms with Crippen LogP contribution < -0.4 is 5.32 Å². The topological polar surface area (TPSA) is 72.5 Å². The highest BCUT2D eigenvalue weighted by Crippen LogP contribution is 2.37. The SMILES string of the molecule is CCNC1(C(=O)OC)CCC(SCCS(C)(=O)=O)C1. The average Bonchev–Trinajstić information content (AvgIpc) is 2.72. The number of ether oxygens (including phenoxy) is 1. The van der Waals surface area contributed by atoms with Crippen LogP contribution in [0.4, 0.5) is 0 Å². The minimum atomic E-state index is -2.90. The second-order valence-corrected chi connectivity index (χ2v) is 8.64. The maximum absolute atomic E-state index is 11.9. The van der Waals surface area contributed by atoms with Gasteiger partial charge in [0.1, 0.15) is 15.4 Å². The molecule has 7 heteroatoms. The van der Waals surface area contributed by atoms with E-state index in [0.29, 0.717) is 17.4 Å². The van der Waals surface area contributed by atoms with Gasteiger partial charge in [0.2, 0.25) is 0 Å². The minimum absolute atomic E-state index is 0.195. The van der Waals surface area contributed by atoms with E-state index in [-0.39, 0.29) is 11.7 Å². The Morgan fingerprint density at radius 1 is 1.53 bits per heavy atom. The van der Waals surface area contributed by atoms with E-state index >= 15 is 0 Å². The fourth-order valence-corrected chi connectivity index (χ4v) is 5.08. The predicted octanol–water partition coefficient (Wildman–Crippen LogP) is 0.838. The van der Waals surface area contributed by atoms with Gasteiger partial charge in [-0.1, -0.05) is 6.92 Å². The van der Waals surface area contributed by atoms with Crippen LogP contribution >= 0.6 is 11.8 Å². The van der Waals surface area contributed by atoms with Gasteiger partial charge >= 0.3 is 5.97 Å². The predicted molar refractivity (Wildman–Crippen MR) is 78.2 cm³/mol. The first kappa shape index (κ1) is 16.8. The molecule has 5 nitrogen and oxygen atoms in total. The highest BCUT2D eigenvalue weighted by atomic mass is 32.2. The fraction of sp³-hybridized carbons (Fsp3) is 0.917. The first-order chi connectivity index (χ1) is 8.83. The number of carbonyl (C=O) groups is 1. The van der Waals surface area contributed by atoms with Crippen LogP contribution in [0.2, 0.25) is 0 Å². The molecule has 0 aromatic rings. The van der Waals surface area contributed by atoms with Crippen LogP contribution in [0, 0.1) is 0 Å². The summed E-state index contributed by atoms with van der Waals surface area (Å²) in [4.78, 5) is 11.9. The number of esters is 1. The lowest BCUT2D eigenvalue weighted by Gasteiger charge is -2.27. The summed E-state index contributed by atoms with van der Waals surface area (Å²) in [6.45, 7) is 2.69. The van der Waals surface area contributed by atoms with Crippen LogP contribution in [0.25, 0.3) is 0 Å². The smallest absolute Gasteiger partial charge is 0.326 e. The van der Waals surface area contributed by atoms with Crippen LogP contribution in [-0.4, -0.2) is 56.6 Å². The van der Waals surface area contributed by atoms with Gasteiger partial charge in [-0.3, -0.25) is 4.79 Å². The van der Waals surface area contributed by atoms with Crippen molar-refractivity contribution in [3.63, 3.8) is 0 Å². The van der Waals surface area contributed by atoms with Crippen LogP contribution in [0.1, 0.15) is 26.2 Å². The molecule has 19 heavy (non-hydrogen) atoms. The van der Waals surface area contributed by atoms with Crippen molar-refractivity contribution in [2.24, 2.45) is 0 Å². The molecule has 1 fully saturated rings. The minimum Gasteiger partial charge on any atom is -0.468 e. The van der Waals surface area contributed by atoms with Crippen LogP contribution in [-0.2, 0) is 19.4 Å². The molecule has 1 aliphatic rings. The quantitative estimate of drug-likeness (QED) is 0.703. The number of nitrogens with one attached hydrogen (secondary N) is 1. The van der Waals surface area contributed by atoms with Crippen LogP contribution in [0.5, 0.6) is 0 Å². The first-order valence-corrected chi connectivity index (χ1v) is 9.56. The molecule has 0 spiro atoms. The molecule has 0 aliphatic heterocycles. The van der Waals surface area contributed by atoms with Crippen molar-refractivity contribution in [3.05, 3.63) is 0 Å². The van der Waals surface area contributed by atoms with Crippen molar-refractivity contribution in [2.45, 2.75) is 37.0 Å². The van der Waals surface area contributed by atoms with E-state index in [1.165, 1.54) is 13.4 Å². The van der Waals surface area contributed by atoms with Crippen LogP contribution in [0.15, 0.2) is 0 Å². The molecule has 112 valence electrons. The summed E-state index contributed by atoms with van der Waals surface area (Å²) in [5, 5.41) is 3.56. The molecule has 1 rings (SSSR count). The van der Waals surface area contributed by atoms with Crippen molar-refractivity contribution >= 4 is 27.6 Å². The molecule has 0 aromatic heterocycles. The molecule has 2 unspecified atom stereocenters. The molecule has 0 bridgehead atoms. The van der Waals surface area contributed by atoms with Crippen molar-refractivity contribution in [1.29, 1.82) is 0 Å². The van der Waals surface area contributed by atoms with Gasteiger partial charge in [-0.25, -0.2) is 8.42 Å². The van der Waals surface area contributed by atoms with Gasteiger partial charge in [-0.2, -0.15) is 11.8 Å². The highest BCUT2D eigenvalue weighted by Gasteiger charge is 2.45. The van der Waals surface area contributed by atoms with Gasteiger partial charge in [0, 0.05) is 17.3 Å². The fourth-order valence-electron chi connectivity index (χ4n) is 2.46. The van der Waals surface area contributed by atoms with Gasteiger partial charge < -0.3 is 10.1 Å². The first-order valence-electron chi connectivity index (χ1n) is 6.46. The Bertz CT molecular complexity index is 410. The Kier molecular flexibility index (Phi) is 6.14. The van der Waals surface area contributed by atoms with Gasteiger partial charge in [0.05, 0.1) is 12.9 Å². The molecular weight excluding hydrogens is 286 g/mol. The number of rotatable bonds is 7. The van der Waals surface area contributed by atoms with E-state index in [4.69, 9.17) is 4.74 Å². The van der Waals surface area contributed by atoms with Crippen molar-refractivity contribution in [2.75, 3.05) is 31.4 Å². The van der Waals surface area contributed by atoms with Gasteiger partial charge in [-0.05, 0) is 25.8 Å². The lowest BCUT2D eigenvalue weighted by atomic mass is 9.98. The molecule has 0 saturated heterocycles. The molecule has 1 aliphatic carbocycles. The van der Waals surface area contributed by atoms with Gasteiger partial charge in [-0.15, -0.1) is 0 Å². The van der Waals surface area contributed by atoms with Gasteiger partial charge in [0.25, 0.3) is 0 Å². The summed E-state index contributed by atoms with van der Waals surface area (Å²) in [6.07, 6.45) is 3.63. The second-order valence-electron chi connectivity index (χ2n) is 4.97. The standard InChI is InChI=1S/C12H23NO4S2/c1-4-13-12(11(14)17-2)6-5-10(9-12)18-7-8-19(3,15)16/h10,13H,4-9H2,1-3H3. The molecule has 0 aromatic carbocycles. The van der Waals surface area contributed by atoms with E-state index in [1.54, 1.807) is 11.8 Å². The van der Waals surface area contributed by atoms with E-state index < -0.39 is 15.4 Å². The number of hydrogen-bond donors (Lipinski definition) is 1. The highest BCUT2D eigenvalue weighted by molar-refractivity contribution is 8.01. The average molecular weight is 309 g/mol. The zero-order chi connectivity index (χ0) is 14.5. The molecular formula is C12H23NO4S2. The maximum Gasteiger partial charge on any atom is 0.326 e. The summed E-state index contributed by atoms with van der Waals surface area (Å²) in [6, 6.07) is 0. The summed E-state index contributed by atoms with van der Waals surface area (Å²) in [5.41, 5.74) is -0.577. The van der Waals surface area contributed by atoms with Crippen molar-refractivity contribution < 1.29 is 17.9 Å². The summed E-state index contributed by atoms with van der Waals surface area (Å²) >= 11 is 1.64. The Balaban J connectivity index is 2.52. The molecule has 0 heterocycles. The normalized spacial score (nSPS) is 27.4. The summed E-state index contributed by atoms with van der Waals surface area (Å²) < 4.78 is 27.1. The van der Waals surface area contributed by atoms with E-state index in [2.05, 4.69) is 5.32 Å². The number of likely N-dealkylation sites (N-methyl/N-ethyl adjacent to an activating group) is 1. The zero-order valence-corrected chi connectivity index (χ0v) is 13.4. The van der Waals surface area contributed by atoms with Crippen molar-refractivity contribution in [3.8, 4) is 0 Å². The summed E-state index contributed by atoms with van der Waals surface area (Å²) in [5.74, 6) is 0.577. The van der Waals surface area contributed by atoms with Crippen LogP contribution in [0.3, 0.4) is 0 Å². The second kappa shape index (κ2) is 6.95. The van der Waals surface area contributed by atoms with E-state index in [9.17, 15) is 13.2 Å². The number of sulfone groups is 1. The zero-order valence-electron chi connectivity index (χ0n) is 11.8. The Morgan fingerprint density at radius 2 is 2.21 bits per heavy atom. The largest absolute Gasteiger partial charge is 0.468 e. The van der Waals surface area contributed by atoms with Gasteiger partial charge in [0.15, 0.2) is 0 Å². The molecule has 1 saturated carbocycles. The number of carbonyl (C=O) groups excluding carboxylic acids is 1. The number of hydrogen-bond acceptors (Lipinski definition) is 6. The summed E-state index contributed by atoms with van der Waals surface area (Å²) in [7, 11) is -1.50. The Morgan fingerprint density at radius 3 is 2.74 bits per heavy atom. The number of thioether (sulfide) groups is 1. The number of methoxy groups -OCH3 is 1. The van der Waals surface area contributed by atoms with E-state index in [1.807, 2.05) is 6.92 Å². The Hall–Kier alpha value is -0.270. The Labute approximate surface area is 119 Å². The molecule has 2 atom stereocenters. The monoisotopic (exact) mass is 309 g/mol. The molecule has 0 radical (unpaired) electrons. The molecule has 1 N–H and O–H groups in total. The van der Waals surface area contributed by atoms with E-state index in [0.717, 1.165) is 19.4 Å². The third kappa shape index (κ3) is 4.96. The third-order valence-electron chi connectivity index (χ3n) is 3.37. The lowest BCUT2D eigenvalue weighted by Crippen LogP contribution is -2.50. The molecule has 0 amide bonds. The lowest BCUT2D eigenvalue weighted by molar-refractivity contribution is -0.148.